The molecule has 4 bridgehead atoms. The number of aliphatic hydroxyl groups is 1. The van der Waals surface area contributed by atoms with E-state index in [2.05, 4.69) is 26.1 Å². The van der Waals surface area contributed by atoms with Gasteiger partial charge in [0, 0.05) is 23.0 Å². The van der Waals surface area contributed by atoms with Crippen LogP contribution in [0.4, 0.5) is 0 Å². The third-order valence-corrected chi connectivity index (χ3v) is 8.19. The summed E-state index contributed by atoms with van der Waals surface area (Å²) in [6, 6.07) is 7.66. The van der Waals surface area contributed by atoms with Gasteiger partial charge in [-0.15, -0.1) is 0 Å². The number of hydrogen-bond acceptors (Lipinski definition) is 5. The predicted molar refractivity (Wildman–Crippen MR) is 129 cm³/mol. The highest BCUT2D eigenvalue weighted by Gasteiger charge is 2.50. The van der Waals surface area contributed by atoms with E-state index in [-0.39, 0.29) is 17.9 Å². The van der Waals surface area contributed by atoms with Crippen LogP contribution in [0.2, 0.25) is 0 Å². The minimum atomic E-state index is -0.739. The van der Waals surface area contributed by atoms with Gasteiger partial charge in [-0.2, -0.15) is 0 Å². The maximum Gasteiger partial charge on any atom is 0.310 e. The lowest BCUT2D eigenvalue weighted by molar-refractivity contribution is -0.145. The number of nitrogens with one attached hydrogen (secondary N) is 1. The SMILES string of the molecule is CC(C)(C)NCC(O)c1cc2cccc(CC(=O)OCCC34CC5CC(CC(C5)C3)C4)c2o1. The van der Waals surface area contributed by atoms with Gasteiger partial charge in [-0.25, -0.2) is 0 Å². The summed E-state index contributed by atoms with van der Waals surface area (Å²) in [4.78, 5) is 12.7. The second kappa shape index (κ2) is 8.74. The van der Waals surface area contributed by atoms with Crippen LogP contribution in [0.3, 0.4) is 0 Å². The van der Waals surface area contributed by atoms with Gasteiger partial charge in [-0.3, -0.25) is 4.79 Å². The van der Waals surface area contributed by atoms with Crippen molar-refractivity contribution in [1.29, 1.82) is 0 Å². The highest BCUT2D eigenvalue weighted by Crippen LogP contribution is 2.61. The number of fused-ring (bicyclic) bond motifs is 1. The molecule has 4 fully saturated rings. The molecule has 1 heterocycles. The number of furan rings is 1. The molecule has 0 spiro atoms. The third kappa shape index (κ3) is 5.14. The first kappa shape index (κ1) is 22.9. The molecule has 0 saturated heterocycles. The van der Waals surface area contributed by atoms with E-state index < -0.39 is 6.10 Å². The molecule has 0 radical (unpaired) electrons. The highest BCUT2D eigenvalue weighted by atomic mass is 16.5. The summed E-state index contributed by atoms with van der Waals surface area (Å²) in [5.41, 5.74) is 1.83. The van der Waals surface area contributed by atoms with E-state index in [1.807, 2.05) is 24.3 Å². The lowest BCUT2D eigenvalue weighted by Crippen LogP contribution is -2.46. The standard InChI is InChI=1S/C28H39NO4/c1-27(2,3)29-17-23(30)24-12-21-5-4-6-22(26(21)33-24)13-25(31)32-8-7-28-14-18-9-19(15-28)11-20(10-18)16-28/h4-6,12,18-20,23,29-30H,7-11,13-17H2,1-3H3. The largest absolute Gasteiger partial charge is 0.465 e. The number of aliphatic hydroxyl groups excluding tert-OH is 1. The van der Waals surface area contributed by atoms with Crippen LogP contribution in [-0.2, 0) is 16.0 Å². The Hall–Kier alpha value is -1.85. The molecule has 2 N–H and O–H groups in total. The number of para-hydroxylation sites is 1. The first-order valence-electron chi connectivity index (χ1n) is 12.8. The van der Waals surface area contributed by atoms with Gasteiger partial charge in [-0.05, 0) is 95.0 Å². The lowest BCUT2D eigenvalue weighted by atomic mass is 9.49. The zero-order chi connectivity index (χ0) is 23.2. The van der Waals surface area contributed by atoms with Crippen molar-refractivity contribution in [1.82, 2.24) is 5.32 Å². The quantitative estimate of drug-likeness (QED) is 0.513. The average molecular weight is 454 g/mol. The molecule has 2 aromatic rings. The Morgan fingerprint density at radius 1 is 1.18 bits per heavy atom. The van der Waals surface area contributed by atoms with E-state index in [0.29, 0.717) is 29.9 Å². The summed E-state index contributed by atoms with van der Waals surface area (Å²) in [5, 5.41) is 14.7. The highest BCUT2D eigenvalue weighted by molar-refractivity contribution is 5.85. The molecule has 0 aliphatic heterocycles. The fourth-order valence-electron chi connectivity index (χ4n) is 7.13. The minimum absolute atomic E-state index is 0.0852. The molecule has 4 aliphatic carbocycles. The molecule has 33 heavy (non-hydrogen) atoms. The van der Waals surface area contributed by atoms with Gasteiger partial charge in [0.05, 0.1) is 13.0 Å². The summed E-state index contributed by atoms with van der Waals surface area (Å²) in [6.07, 6.45) is 8.83. The Labute approximate surface area is 197 Å². The molecule has 6 rings (SSSR count). The monoisotopic (exact) mass is 453 g/mol. The van der Waals surface area contributed by atoms with Crippen molar-refractivity contribution in [3.63, 3.8) is 0 Å². The maximum atomic E-state index is 12.7. The molecule has 1 aromatic carbocycles. The number of β-amino-alcohol motifs (C(OH)–C–C–N with tert-alkyl or cyclic N) is 1. The summed E-state index contributed by atoms with van der Waals surface area (Å²) >= 11 is 0. The Morgan fingerprint density at radius 3 is 2.48 bits per heavy atom. The number of esters is 1. The van der Waals surface area contributed by atoms with E-state index >= 15 is 0 Å². The van der Waals surface area contributed by atoms with Crippen LogP contribution in [0, 0.1) is 23.2 Å². The third-order valence-electron chi connectivity index (χ3n) is 8.19. The van der Waals surface area contributed by atoms with Gasteiger partial charge >= 0.3 is 5.97 Å². The molecule has 1 atom stereocenters. The van der Waals surface area contributed by atoms with E-state index in [1.54, 1.807) is 0 Å². The molecule has 0 amide bonds. The van der Waals surface area contributed by atoms with Crippen LogP contribution >= 0.6 is 0 Å². The molecular formula is C28H39NO4. The van der Waals surface area contributed by atoms with Crippen LogP contribution in [-0.4, -0.2) is 29.8 Å². The molecule has 180 valence electrons. The normalized spacial score (nSPS) is 29.5. The molecule has 4 aliphatic rings. The molecule has 5 heteroatoms. The zero-order valence-electron chi connectivity index (χ0n) is 20.4. The summed E-state index contributed by atoms with van der Waals surface area (Å²) in [7, 11) is 0. The number of hydrogen-bond donors (Lipinski definition) is 2. The number of carbonyl (C=O) groups is 1. The van der Waals surface area contributed by atoms with Gasteiger partial charge in [0.1, 0.15) is 17.4 Å². The van der Waals surface area contributed by atoms with E-state index in [4.69, 9.17) is 9.15 Å². The average Bonchev–Trinajstić information content (AvgIpc) is 3.16. The van der Waals surface area contributed by atoms with Crippen LogP contribution in [0.25, 0.3) is 11.0 Å². The fourth-order valence-corrected chi connectivity index (χ4v) is 7.13. The zero-order valence-corrected chi connectivity index (χ0v) is 20.4. The first-order chi connectivity index (χ1) is 15.7. The molecule has 5 nitrogen and oxygen atoms in total. The molecular weight excluding hydrogens is 414 g/mol. The van der Waals surface area contributed by atoms with E-state index in [0.717, 1.165) is 35.1 Å². The van der Waals surface area contributed by atoms with Crippen LogP contribution in [0.15, 0.2) is 28.7 Å². The molecule has 4 saturated carbocycles. The fraction of sp³-hybridized carbons (Fsp3) is 0.679. The van der Waals surface area contributed by atoms with Gasteiger partial charge in [0.2, 0.25) is 0 Å². The lowest BCUT2D eigenvalue weighted by Gasteiger charge is -2.57. The van der Waals surface area contributed by atoms with Crippen molar-refractivity contribution in [2.45, 2.75) is 83.8 Å². The van der Waals surface area contributed by atoms with E-state index in [1.165, 1.54) is 38.5 Å². The summed E-state index contributed by atoms with van der Waals surface area (Å²) in [6.45, 7) is 7.12. The molecule has 1 unspecified atom stereocenters. The maximum absolute atomic E-state index is 12.7. The van der Waals surface area contributed by atoms with Crippen molar-refractivity contribution in [3.05, 3.63) is 35.6 Å². The van der Waals surface area contributed by atoms with E-state index in [9.17, 15) is 9.90 Å². The predicted octanol–water partition coefficient (Wildman–Crippen LogP) is 5.55. The van der Waals surface area contributed by atoms with Crippen LogP contribution in [0.5, 0.6) is 0 Å². The Morgan fingerprint density at radius 2 is 1.85 bits per heavy atom. The van der Waals surface area contributed by atoms with Gasteiger partial charge in [0.25, 0.3) is 0 Å². The Balaban J connectivity index is 1.18. The van der Waals surface area contributed by atoms with Crippen LogP contribution in [0.1, 0.15) is 83.1 Å². The van der Waals surface area contributed by atoms with Crippen molar-refractivity contribution >= 4 is 16.9 Å². The van der Waals surface area contributed by atoms with Crippen molar-refractivity contribution in [3.8, 4) is 0 Å². The van der Waals surface area contributed by atoms with Crippen LogP contribution < -0.4 is 5.32 Å². The topological polar surface area (TPSA) is 71.7 Å². The van der Waals surface area contributed by atoms with Gasteiger partial charge in [-0.1, -0.05) is 18.2 Å². The first-order valence-corrected chi connectivity index (χ1v) is 12.8. The second-order valence-corrected chi connectivity index (χ2v) is 12.2. The van der Waals surface area contributed by atoms with Crippen molar-refractivity contribution in [2.24, 2.45) is 23.2 Å². The molecule has 1 aromatic heterocycles. The Bertz CT molecular complexity index is 966. The van der Waals surface area contributed by atoms with Gasteiger partial charge in [0.15, 0.2) is 0 Å². The minimum Gasteiger partial charge on any atom is -0.465 e. The smallest absolute Gasteiger partial charge is 0.310 e. The second-order valence-electron chi connectivity index (χ2n) is 12.2. The number of rotatable bonds is 8. The van der Waals surface area contributed by atoms with Gasteiger partial charge < -0.3 is 19.6 Å². The van der Waals surface area contributed by atoms with Crippen molar-refractivity contribution in [2.75, 3.05) is 13.2 Å². The number of ether oxygens (including phenoxy) is 1. The number of benzene rings is 1. The summed E-state index contributed by atoms with van der Waals surface area (Å²) in [5.74, 6) is 3.09. The summed E-state index contributed by atoms with van der Waals surface area (Å²) < 4.78 is 11.7. The Kier molecular flexibility index (Phi) is 6.07. The van der Waals surface area contributed by atoms with Crippen molar-refractivity contribution < 1.29 is 19.1 Å². The number of carbonyl (C=O) groups excluding carboxylic acids is 1.